The average Bonchev–Trinajstić information content (AvgIpc) is 2.54. The van der Waals surface area contributed by atoms with Crippen LogP contribution >= 0.6 is 0 Å². The van der Waals surface area contributed by atoms with Crippen molar-refractivity contribution in [1.29, 1.82) is 0 Å². The molecule has 2 aliphatic heterocycles. The minimum atomic E-state index is -5.05. The minimum absolute atomic E-state index is 0.426. The van der Waals surface area contributed by atoms with E-state index in [1.165, 1.54) is 4.72 Å². The molecule has 2 aliphatic rings. The number of aliphatic hydroxyl groups is 6. The van der Waals surface area contributed by atoms with Crippen molar-refractivity contribution in [2.45, 2.75) is 48.8 Å². The van der Waals surface area contributed by atoms with Crippen LogP contribution in [0.25, 0.3) is 0 Å². The Morgan fingerprint density at radius 3 is 2.37 bits per heavy atom. The lowest BCUT2D eigenvalue weighted by molar-refractivity contribution is -0.345. The zero-order valence-electron chi connectivity index (χ0n) is 13.4. The summed E-state index contributed by atoms with van der Waals surface area (Å²) in [6, 6.07) is -2.11. The molecule has 0 aliphatic carbocycles. The first-order valence-corrected chi connectivity index (χ1v) is 8.88. The zero-order chi connectivity index (χ0) is 20.7. The first-order chi connectivity index (χ1) is 12.3. The number of carboxylic acids is 1. The summed E-state index contributed by atoms with van der Waals surface area (Å²) in [6.07, 6.45) is -10.3. The van der Waals surface area contributed by atoms with Crippen LogP contribution in [0.3, 0.4) is 0 Å². The first kappa shape index (κ1) is 21.7. The van der Waals surface area contributed by atoms with Crippen molar-refractivity contribution in [3.8, 4) is 0 Å². The number of carboxylic acid groups (broad SMARTS) is 1. The van der Waals surface area contributed by atoms with E-state index in [-0.39, 0.29) is 0 Å². The lowest BCUT2D eigenvalue weighted by Gasteiger charge is -2.50. The number of nitrogens with one attached hydrogen (secondary N) is 1. The van der Waals surface area contributed by atoms with Gasteiger partial charge < -0.3 is 45.2 Å². The topological polar surface area (TPSA) is 244 Å². The van der Waals surface area contributed by atoms with E-state index in [1.54, 1.807) is 0 Å². The molecule has 0 amide bonds. The molecule has 0 aromatic heterocycles. The van der Waals surface area contributed by atoms with Crippen LogP contribution in [0.4, 0.5) is 0 Å². The maximum atomic E-state index is 11.2. The fourth-order valence-electron chi connectivity index (χ4n) is 2.96. The van der Waals surface area contributed by atoms with Crippen LogP contribution in [0.2, 0.25) is 0 Å². The quantitative estimate of drug-likeness (QED) is 0.192. The fraction of sp³-hybridized carbons (Fsp3) is 0.750. The molecule has 0 saturated carbocycles. The Hall–Kier alpha value is -1.56. The third-order valence-corrected chi connectivity index (χ3v) is 4.71. The Labute approximate surface area is 151 Å². The first-order valence-electron chi connectivity index (χ1n) is 7.44. The molecule has 2 heterocycles. The monoisotopic (exact) mass is 417 g/mol. The highest BCUT2D eigenvalue weighted by molar-refractivity contribution is 7.83. The molecule has 2 rings (SSSR count). The molecule has 7 atom stereocenters. The van der Waals surface area contributed by atoms with Gasteiger partial charge in [0.25, 0.3) is 0 Å². The van der Waals surface area contributed by atoms with Crippen LogP contribution in [0.1, 0.15) is 6.42 Å². The fourth-order valence-corrected chi connectivity index (χ4v) is 3.60. The molecule has 156 valence electrons. The van der Waals surface area contributed by atoms with Gasteiger partial charge in [0.1, 0.15) is 18.2 Å². The van der Waals surface area contributed by atoms with E-state index in [0.29, 0.717) is 0 Å². The Morgan fingerprint density at radius 2 is 1.89 bits per heavy atom. The molecule has 0 aromatic carbocycles. The van der Waals surface area contributed by atoms with Crippen LogP contribution < -0.4 is 4.72 Å². The van der Waals surface area contributed by atoms with Crippen LogP contribution in [-0.2, 0) is 24.6 Å². The molecule has 14 nitrogen and oxygen atoms in total. The van der Waals surface area contributed by atoms with Gasteiger partial charge in [-0.1, -0.05) is 0 Å². The van der Waals surface area contributed by atoms with Gasteiger partial charge in [-0.15, -0.1) is 0 Å². The van der Waals surface area contributed by atoms with Gasteiger partial charge in [-0.25, -0.2) is 4.79 Å². The van der Waals surface area contributed by atoms with Crippen molar-refractivity contribution in [3.05, 3.63) is 11.5 Å². The van der Waals surface area contributed by atoms with E-state index in [4.69, 9.17) is 19.1 Å². The van der Waals surface area contributed by atoms with Crippen molar-refractivity contribution in [1.82, 2.24) is 4.72 Å². The molecule has 1 fully saturated rings. The van der Waals surface area contributed by atoms with Gasteiger partial charge >= 0.3 is 16.3 Å². The smallest absolute Gasteiger partial charge is 0.374 e. The number of hydrogen-bond acceptors (Lipinski definition) is 11. The Morgan fingerprint density at radius 1 is 1.30 bits per heavy atom. The Kier molecular flexibility index (Phi) is 6.00. The van der Waals surface area contributed by atoms with Crippen LogP contribution in [0.5, 0.6) is 0 Å². The van der Waals surface area contributed by atoms with Gasteiger partial charge in [-0.3, -0.25) is 4.55 Å². The number of ether oxygens (including phenoxy) is 2. The van der Waals surface area contributed by atoms with Crippen molar-refractivity contribution < 1.29 is 63.0 Å². The summed E-state index contributed by atoms with van der Waals surface area (Å²) in [6.45, 7) is -0.782. The SMILES string of the molecule is O=C(O)C1=C(O)[C@@H](O)[C@H](O)C(C2(O)O[C@H](CO)C[C@H](O)[C@H]2NS(=O)(=O)O)O1. The molecular formula is C12H19NO13S. The maximum Gasteiger partial charge on any atom is 0.374 e. The highest BCUT2D eigenvalue weighted by atomic mass is 32.2. The van der Waals surface area contributed by atoms with Crippen LogP contribution in [-0.4, -0.2) is 104 Å². The molecule has 2 unspecified atom stereocenters. The summed E-state index contributed by atoms with van der Waals surface area (Å²) in [4.78, 5) is 11.1. The van der Waals surface area contributed by atoms with Gasteiger partial charge in [0, 0.05) is 6.42 Å². The molecule has 15 heteroatoms. The second-order valence-electron chi connectivity index (χ2n) is 6.04. The molecule has 9 N–H and O–H groups in total. The summed E-state index contributed by atoms with van der Waals surface area (Å²) < 4.78 is 42.6. The third kappa shape index (κ3) is 4.15. The van der Waals surface area contributed by atoms with Crippen molar-refractivity contribution in [2.75, 3.05) is 6.61 Å². The number of aliphatic hydroxyl groups excluding tert-OH is 5. The summed E-state index contributed by atoms with van der Waals surface area (Å²) in [5.74, 6) is -7.53. The van der Waals surface area contributed by atoms with E-state index >= 15 is 0 Å². The Bertz CT molecular complexity index is 723. The maximum absolute atomic E-state index is 11.2. The lowest BCUT2D eigenvalue weighted by Crippen LogP contribution is -2.73. The van der Waals surface area contributed by atoms with Gasteiger partial charge in [0.15, 0.2) is 11.9 Å². The third-order valence-electron chi connectivity index (χ3n) is 4.16. The lowest BCUT2D eigenvalue weighted by atomic mass is 9.85. The predicted octanol–water partition coefficient (Wildman–Crippen LogP) is -4.45. The highest BCUT2D eigenvalue weighted by Crippen LogP contribution is 2.38. The second-order valence-corrected chi connectivity index (χ2v) is 7.23. The molecule has 0 spiro atoms. The Balaban J connectivity index is 2.52. The number of aliphatic carboxylic acids is 1. The molecule has 0 aromatic rings. The highest BCUT2D eigenvalue weighted by Gasteiger charge is 2.61. The largest absolute Gasteiger partial charge is 0.506 e. The van der Waals surface area contributed by atoms with E-state index in [2.05, 4.69) is 0 Å². The summed E-state index contributed by atoms with van der Waals surface area (Å²) >= 11 is 0. The summed E-state index contributed by atoms with van der Waals surface area (Å²) in [7, 11) is -5.05. The zero-order valence-corrected chi connectivity index (χ0v) is 14.2. The van der Waals surface area contributed by atoms with Gasteiger partial charge in [0.05, 0.1) is 18.8 Å². The summed E-state index contributed by atoms with van der Waals surface area (Å²) in [5, 5.41) is 68.7. The number of rotatable bonds is 5. The molecule has 1 saturated heterocycles. The standard InChI is InChI=1S/C12H19NO13S/c14-2-3-1-4(15)9(13-27(22,23)24)12(21,26-3)10-7(18)5(16)6(17)8(25-10)11(19)20/h3-5,7,9-10,13-18,21H,1-2H2,(H,19,20)(H,22,23,24)/t3-,4-,5+,7-,9+,10?,12?/m0/s1. The van der Waals surface area contributed by atoms with E-state index in [0.717, 1.165) is 0 Å². The minimum Gasteiger partial charge on any atom is -0.506 e. The average molecular weight is 417 g/mol. The van der Waals surface area contributed by atoms with E-state index in [9.17, 15) is 43.9 Å². The van der Waals surface area contributed by atoms with Crippen LogP contribution in [0, 0.1) is 0 Å². The summed E-state index contributed by atoms with van der Waals surface area (Å²) in [5.41, 5.74) is 0. The van der Waals surface area contributed by atoms with Crippen molar-refractivity contribution in [3.63, 3.8) is 0 Å². The molecule has 0 bridgehead atoms. The van der Waals surface area contributed by atoms with Gasteiger partial charge in [-0.05, 0) is 0 Å². The van der Waals surface area contributed by atoms with Crippen molar-refractivity contribution >= 4 is 16.3 Å². The van der Waals surface area contributed by atoms with E-state index < -0.39 is 83.2 Å². The second kappa shape index (κ2) is 7.46. The molecule has 0 radical (unpaired) electrons. The predicted molar refractivity (Wildman–Crippen MR) is 80.2 cm³/mol. The van der Waals surface area contributed by atoms with Crippen molar-refractivity contribution in [2.24, 2.45) is 0 Å². The van der Waals surface area contributed by atoms with Gasteiger partial charge in [-0.2, -0.15) is 13.1 Å². The molecular weight excluding hydrogens is 398 g/mol. The van der Waals surface area contributed by atoms with Crippen LogP contribution in [0.15, 0.2) is 11.5 Å². The van der Waals surface area contributed by atoms with Gasteiger partial charge in [0.2, 0.25) is 11.5 Å². The normalized spacial score (nSPS) is 40.5. The molecule has 27 heavy (non-hydrogen) atoms. The number of hydrogen-bond donors (Lipinski definition) is 9. The van der Waals surface area contributed by atoms with E-state index in [1.807, 2.05) is 0 Å². The number of carbonyl (C=O) groups is 1.